The van der Waals surface area contributed by atoms with Gasteiger partial charge in [-0.3, -0.25) is 0 Å². The van der Waals surface area contributed by atoms with E-state index in [2.05, 4.69) is 38.2 Å². The summed E-state index contributed by atoms with van der Waals surface area (Å²) in [6, 6.07) is 8.52. The molecule has 1 aromatic carbocycles. The second kappa shape index (κ2) is 10.2. The van der Waals surface area contributed by atoms with Crippen LogP contribution in [0.25, 0.3) is 0 Å². The summed E-state index contributed by atoms with van der Waals surface area (Å²) in [5, 5.41) is 4.37. The molecular weight excluding hydrogens is 270 g/mol. The van der Waals surface area contributed by atoms with Crippen LogP contribution in [0.1, 0.15) is 51.6 Å². The minimum Gasteiger partial charge on any atom is -0.380 e. The maximum atomic E-state index is 5.94. The van der Waals surface area contributed by atoms with Crippen molar-refractivity contribution < 1.29 is 4.74 Å². The fourth-order valence-corrected chi connectivity index (χ4v) is 2.22. The molecule has 20 heavy (non-hydrogen) atoms. The molecule has 1 aromatic rings. The second-order valence-electron chi connectivity index (χ2n) is 5.64. The van der Waals surface area contributed by atoms with Crippen LogP contribution in [0.2, 0.25) is 5.02 Å². The third-order valence-electron chi connectivity index (χ3n) is 3.33. The average molecular weight is 298 g/mol. The van der Waals surface area contributed by atoms with Crippen molar-refractivity contribution in [2.75, 3.05) is 19.8 Å². The molecule has 1 rings (SSSR count). The standard InChI is InChI=1S/C17H28ClNO/c1-4-5-17(15-6-8-16(18)9-7-15)19-11-13-20-12-10-14(2)3/h6-9,14,17,19H,4-5,10-13H2,1-3H3. The SMILES string of the molecule is CCCC(NCCOCCC(C)C)c1ccc(Cl)cc1. The molecule has 0 fully saturated rings. The lowest BCUT2D eigenvalue weighted by Gasteiger charge is -2.19. The first-order valence-corrected chi connectivity index (χ1v) is 8.07. The van der Waals surface area contributed by atoms with Gasteiger partial charge in [0.15, 0.2) is 0 Å². The Morgan fingerprint density at radius 1 is 1.10 bits per heavy atom. The Labute approximate surface area is 128 Å². The van der Waals surface area contributed by atoms with Crippen molar-refractivity contribution in [3.63, 3.8) is 0 Å². The van der Waals surface area contributed by atoms with E-state index >= 15 is 0 Å². The van der Waals surface area contributed by atoms with Crippen LogP contribution in [0, 0.1) is 5.92 Å². The highest BCUT2D eigenvalue weighted by molar-refractivity contribution is 6.30. The van der Waals surface area contributed by atoms with Gasteiger partial charge >= 0.3 is 0 Å². The molecule has 0 amide bonds. The Kier molecular flexibility index (Phi) is 8.92. The maximum Gasteiger partial charge on any atom is 0.0591 e. The number of ether oxygens (including phenoxy) is 1. The highest BCUT2D eigenvalue weighted by Crippen LogP contribution is 2.20. The van der Waals surface area contributed by atoms with Gasteiger partial charge in [-0.25, -0.2) is 0 Å². The summed E-state index contributed by atoms with van der Waals surface area (Å²) >= 11 is 5.94. The zero-order valence-corrected chi connectivity index (χ0v) is 13.7. The predicted molar refractivity (Wildman–Crippen MR) is 87.4 cm³/mol. The molecule has 1 N–H and O–H groups in total. The van der Waals surface area contributed by atoms with Gasteiger partial charge in [0.25, 0.3) is 0 Å². The molecule has 0 saturated carbocycles. The first-order valence-electron chi connectivity index (χ1n) is 7.70. The Bertz CT molecular complexity index is 351. The van der Waals surface area contributed by atoms with Crippen LogP contribution in [0.4, 0.5) is 0 Å². The molecule has 1 atom stereocenters. The Hall–Kier alpha value is -0.570. The molecule has 0 aliphatic carbocycles. The van der Waals surface area contributed by atoms with Crippen molar-refractivity contribution in [2.24, 2.45) is 5.92 Å². The second-order valence-corrected chi connectivity index (χ2v) is 6.08. The van der Waals surface area contributed by atoms with Crippen LogP contribution in [-0.4, -0.2) is 19.8 Å². The van der Waals surface area contributed by atoms with Gasteiger partial charge in [-0.2, -0.15) is 0 Å². The van der Waals surface area contributed by atoms with E-state index in [-0.39, 0.29) is 0 Å². The normalized spacial score (nSPS) is 12.8. The number of halogens is 1. The van der Waals surface area contributed by atoms with Crippen LogP contribution in [-0.2, 0) is 4.74 Å². The molecule has 0 saturated heterocycles. The molecule has 0 radical (unpaired) electrons. The molecule has 0 spiro atoms. The molecule has 3 heteroatoms. The molecule has 1 unspecified atom stereocenters. The Morgan fingerprint density at radius 2 is 1.80 bits per heavy atom. The summed E-state index contributed by atoms with van der Waals surface area (Å²) < 4.78 is 5.64. The van der Waals surface area contributed by atoms with Gasteiger partial charge in [-0.15, -0.1) is 0 Å². The van der Waals surface area contributed by atoms with E-state index in [0.29, 0.717) is 12.0 Å². The van der Waals surface area contributed by atoms with Gasteiger partial charge in [-0.1, -0.05) is 50.9 Å². The highest BCUT2D eigenvalue weighted by atomic mass is 35.5. The van der Waals surface area contributed by atoms with Crippen LogP contribution < -0.4 is 5.32 Å². The Balaban J connectivity index is 2.30. The molecule has 114 valence electrons. The van der Waals surface area contributed by atoms with Crippen molar-refractivity contribution >= 4 is 11.6 Å². The zero-order chi connectivity index (χ0) is 14.8. The molecule has 0 aromatic heterocycles. The molecule has 0 aliphatic heterocycles. The average Bonchev–Trinajstić information content (AvgIpc) is 2.42. The van der Waals surface area contributed by atoms with Gasteiger partial charge in [0.1, 0.15) is 0 Å². The largest absolute Gasteiger partial charge is 0.380 e. The number of nitrogens with one attached hydrogen (secondary N) is 1. The number of hydrogen-bond donors (Lipinski definition) is 1. The van der Waals surface area contributed by atoms with Crippen LogP contribution in [0.15, 0.2) is 24.3 Å². The minimum atomic E-state index is 0.394. The molecule has 0 bridgehead atoms. The summed E-state index contributed by atoms with van der Waals surface area (Å²) in [7, 11) is 0. The van der Waals surface area contributed by atoms with E-state index in [4.69, 9.17) is 16.3 Å². The van der Waals surface area contributed by atoms with Crippen LogP contribution in [0.5, 0.6) is 0 Å². The van der Waals surface area contributed by atoms with E-state index in [1.165, 1.54) is 5.56 Å². The summed E-state index contributed by atoms with van der Waals surface area (Å²) in [6.45, 7) is 9.19. The van der Waals surface area contributed by atoms with E-state index in [1.807, 2.05) is 12.1 Å². The summed E-state index contributed by atoms with van der Waals surface area (Å²) in [5.74, 6) is 0.713. The van der Waals surface area contributed by atoms with E-state index in [0.717, 1.165) is 44.0 Å². The van der Waals surface area contributed by atoms with Gasteiger partial charge in [0, 0.05) is 24.2 Å². The number of rotatable bonds is 10. The summed E-state index contributed by atoms with van der Waals surface area (Å²) in [4.78, 5) is 0. The summed E-state index contributed by atoms with van der Waals surface area (Å²) in [5.41, 5.74) is 1.30. The predicted octanol–water partition coefficient (Wildman–Crippen LogP) is 4.83. The smallest absolute Gasteiger partial charge is 0.0591 e. The maximum absolute atomic E-state index is 5.94. The minimum absolute atomic E-state index is 0.394. The van der Waals surface area contributed by atoms with Gasteiger partial charge in [0.05, 0.1) is 6.61 Å². The van der Waals surface area contributed by atoms with Crippen molar-refractivity contribution in [2.45, 2.75) is 46.1 Å². The Morgan fingerprint density at radius 3 is 2.40 bits per heavy atom. The number of hydrogen-bond acceptors (Lipinski definition) is 2. The van der Waals surface area contributed by atoms with E-state index < -0.39 is 0 Å². The zero-order valence-electron chi connectivity index (χ0n) is 13.0. The molecular formula is C17H28ClNO. The summed E-state index contributed by atoms with van der Waals surface area (Å²) in [6.07, 6.45) is 3.43. The van der Waals surface area contributed by atoms with Gasteiger partial charge < -0.3 is 10.1 Å². The van der Waals surface area contributed by atoms with E-state index in [1.54, 1.807) is 0 Å². The lowest BCUT2D eigenvalue weighted by Crippen LogP contribution is -2.25. The quantitative estimate of drug-likeness (QED) is 0.624. The lowest BCUT2D eigenvalue weighted by atomic mass is 10.0. The molecule has 0 aliphatic rings. The topological polar surface area (TPSA) is 21.3 Å². The fourth-order valence-electron chi connectivity index (χ4n) is 2.10. The first kappa shape index (κ1) is 17.5. The number of benzene rings is 1. The lowest BCUT2D eigenvalue weighted by molar-refractivity contribution is 0.123. The van der Waals surface area contributed by atoms with Crippen molar-refractivity contribution in [3.05, 3.63) is 34.9 Å². The van der Waals surface area contributed by atoms with E-state index in [9.17, 15) is 0 Å². The van der Waals surface area contributed by atoms with Crippen molar-refractivity contribution in [1.29, 1.82) is 0 Å². The molecule has 2 nitrogen and oxygen atoms in total. The van der Waals surface area contributed by atoms with Gasteiger partial charge in [0.2, 0.25) is 0 Å². The van der Waals surface area contributed by atoms with Crippen LogP contribution in [0.3, 0.4) is 0 Å². The van der Waals surface area contributed by atoms with Crippen molar-refractivity contribution in [1.82, 2.24) is 5.32 Å². The van der Waals surface area contributed by atoms with Gasteiger partial charge in [-0.05, 0) is 36.5 Å². The molecule has 0 heterocycles. The highest BCUT2D eigenvalue weighted by Gasteiger charge is 2.09. The van der Waals surface area contributed by atoms with Crippen LogP contribution >= 0.6 is 11.6 Å². The third kappa shape index (κ3) is 7.28. The third-order valence-corrected chi connectivity index (χ3v) is 3.58. The monoisotopic (exact) mass is 297 g/mol. The van der Waals surface area contributed by atoms with Crippen molar-refractivity contribution in [3.8, 4) is 0 Å². The first-order chi connectivity index (χ1) is 9.63. The fraction of sp³-hybridized carbons (Fsp3) is 0.647.